The van der Waals surface area contributed by atoms with Crippen molar-refractivity contribution in [2.45, 2.75) is 70.7 Å². The molecule has 5 aliphatic rings. The van der Waals surface area contributed by atoms with E-state index in [1.807, 2.05) is 30.5 Å². The zero-order valence-electron chi connectivity index (χ0n) is 41.8. The first-order valence-corrected chi connectivity index (χ1v) is 25.6. The topological polar surface area (TPSA) is 179 Å². The Bertz CT molecular complexity index is 2740. The number of ether oxygens (including phenoxy) is 3. The first-order chi connectivity index (χ1) is 35.1. The van der Waals surface area contributed by atoms with Gasteiger partial charge in [0.25, 0.3) is 11.8 Å². The second-order valence-corrected chi connectivity index (χ2v) is 19.6. The summed E-state index contributed by atoms with van der Waals surface area (Å²) in [5, 5.41) is 6.08. The highest BCUT2D eigenvalue weighted by Crippen LogP contribution is 2.32. The highest BCUT2D eigenvalue weighted by molar-refractivity contribution is 6.23. The lowest BCUT2D eigenvalue weighted by Gasteiger charge is -2.36. The highest BCUT2D eigenvalue weighted by atomic mass is 16.5. The fourth-order valence-electron chi connectivity index (χ4n) is 10.6. The molecule has 2 aromatic carbocycles. The van der Waals surface area contributed by atoms with Crippen LogP contribution in [0.1, 0.15) is 78.5 Å². The molecule has 0 bridgehead atoms. The number of nitrogens with zero attached hydrogens (tertiary/aromatic N) is 11. The maximum absolute atomic E-state index is 13.4. The number of methoxy groups -OCH3 is 1. The van der Waals surface area contributed by atoms with Gasteiger partial charge in [0.1, 0.15) is 41.4 Å². The van der Waals surface area contributed by atoms with Crippen LogP contribution in [-0.4, -0.2) is 168 Å². The third kappa shape index (κ3) is 10.9. The molecule has 0 saturated carbocycles. The minimum absolute atomic E-state index is 0.184. The Labute approximate surface area is 421 Å². The van der Waals surface area contributed by atoms with Crippen molar-refractivity contribution in [3.63, 3.8) is 0 Å². The molecule has 0 spiro atoms. The number of rotatable bonds is 18. The van der Waals surface area contributed by atoms with Crippen molar-refractivity contribution < 1.29 is 28.6 Å². The van der Waals surface area contributed by atoms with Gasteiger partial charge in [-0.15, -0.1) is 0 Å². The number of hydrogen-bond acceptors (Lipinski definition) is 16. The van der Waals surface area contributed by atoms with Crippen LogP contribution in [0.15, 0.2) is 79.3 Å². The Morgan fingerprint density at radius 3 is 2.18 bits per heavy atom. The lowest BCUT2D eigenvalue weighted by atomic mass is 10.0. The van der Waals surface area contributed by atoms with E-state index in [1.54, 1.807) is 19.4 Å². The number of amides is 3. The molecule has 380 valence electrons. The number of imide groups is 1. The molecule has 5 aromatic rings. The van der Waals surface area contributed by atoms with Crippen LogP contribution in [0, 0.1) is 0 Å². The van der Waals surface area contributed by atoms with Gasteiger partial charge in [-0.1, -0.05) is 6.58 Å². The third-order valence-corrected chi connectivity index (χ3v) is 14.6. The molecule has 2 N–H and O–H groups in total. The zero-order chi connectivity index (χ0) is 49.7. The van der Waals surface area contributed by atoms with Gasteiger partial charge >= 0.3 is 0 Å². The number of piperidine rings is 2. The number of piperazine rings is 2. The van der Waals surface area contributed by atoms with E-state index in [2.05, 4.69) is 94.4 Å². The number of carbonyl (C=O) groups is 3. The summed E-state index contributed by atoms with van der Waals surface area (Å²) in [5.41, 5.74) is 5.29. The number of carbonyl (C=O) groups excluding carboxylic acids is 3. The first-order valence-electron chi connectivity index (χ1n) is 25.6. The summed E-state index contributed by atoms with van der Waals surface area (Å²) in [4.78, 5) is 71.0. The number of anilines is 5. The molecular weight excluding hydrogens is 915 g/mol. The molecule has 19 heteroatoms. The first kappa shape index (κ1) is 48.9. The predicted molar refractivity (Wildman–Crippen MR) is 276 cm³/mol. The van der Waals surface area contributed by atoms with E-state index in [9.17, 15) is 14.4 Å². The fraction of sp³-hybridized carbons (Fsp3) is 0.491. The molecule has 72 heavy (non-hydrogen) atoms. The second-order valence-electron chi connectivity index (χ2n) is 19.6. The van der Waals surface area contributed by atoms with Crippen LogP contribution in [0.3, 0.4) is 0 Å². The summed E-state index contributed by atoms with van der Waals surface area (Å²) in [7, 11) is 1.78. The van der Waals surface area contributed by atoms with Crippen molar-refractivity contribution in [2.75, 3.05) is 119 Å². The maximum Gasteiger partial charge on any atom is 0.262 e. The van der Waals surface area contributed by atoms with Crippen molar-refractivity contribution in [1.29, 1.82) is 0 Å². The normalized spacial score (nSPS) is 19.5. The fourth-order valence-corrected chi connectivity index (χ4v) is 10.6. The van der Waals surface area contributed by atoms with Gasteiger partial charge in [0.15, 0.2) is 0 Å². The van der Waals surface area contributed by atoms with Crippen molar-refractivity contribution in [1.82, 2.24) is 44.5 Å². The molecule has 10 rings (SSSR count). The second kappa shape index (κ2) is 22.0. The standard InChI is InChI=1S/C53H67N13O6/c1-36(2)65-46-33-48(58-47-14-17-54-53(59-47)64-19-15-40(70-4)16-20-64)55-34-44(46)57-49(65)35-71-31-29-61-23-25-62(26-24-61)38-7-10-41(11-8-38)72-30-5-18-60-21-27-63(28-22-60)39-9-12-42-43(32-39)52(69)66(51(42)68)45-13-6-37(3)56-50(45)67/h7-12,14,17,32-34,36,40,45H,3,5-6,13,15-16,18-31,35H2,1-2,4H3,(H,56,67)(H,54,55,58,59). The zero-order valence-corrected chi connectivity index (χ0v) is 41.8. The van der Waals surface area contributed by atoms with Crippen molar-refractivity contribution in [2.24, 2.45) is 0 Å². The molecule has 4 saturated heterocycles. The van der Waals surface area contributed by atoms with Crippen LogP contribution in [0.4, 0.5) is 29.0 Å². The Hall–Kier alpha value is -6.67. The number of benzene rings is 2. The molecule has 4 fully saturated rings. The van der Waals surface area contributed by atoms with Gasteiger partial charge in [0.2, 0.25) is 11.9 Å². The number of nitrogens with one attached hydrogen (secondary N) is 2. The van der Waals surface area contributed by atoms with E-state index < -0.39 is 17.9 Å². The molecule has 19 nitrogen and oxygen atoms in total. The Morgan fingerprint density at radius 1 is 0.750 bits per heavy atom. The third-order valence-electron chi connectivity index (χ3n) is 14.6. The summed E-state index contributed by atoms with van der Waals surface area (Å²) < 4.78 is 20.2. The van der Waals surface area contributed by atoms with Gasteiger partial charge in [-0.2, -0.15) is 4.98 Å². The van der Waals surface area contributed by atoms with E-state index in [-0.39, 0.29) is 11.9 Å². The van der Waals surface area contributed by atoms with Gasteiger partial charge in [-0.25, -0.2) is 15.0 Å². The molecular formula is C53H67N13O6. The van der Waals surface area contributed by atoms with Crippen molar-refractivity contribution in [3.8, 4) is 5.75 Å². The van der Waals surface area contributed by atoms with Crippen molar-refractivity contribution in [3.05, 3.63) is 96.2 Å². The number of imidazole rings is 1. The molecule has 3 aromatic heterocycles. The molecule has 1 unspecified atom stereocenters. The number of hydrogen-bond donors (Lipinski definition) is 2. The van der Waals surface area contributed by atoms with E-state index in [0.29, 0.717) is 73.2 Å². The molecule has 3 amide bonds. The summed E-state index contributed by atoms with van der Waals surface area (Å²) in [5.74, 6) is 2.70. The number of pyridine rings is 1. The molecule has 0 aliphatic carbocycles. The van der Waals surface area contributed by atoms with Gasteiger partial charge < -0.3 is 44.1 Å². The highest BCUT2D eigenvalue weighted by Gasteiger charge is 2.44. The predicted octanol–water partition coefficient (Wildman–Crippen LogP) is 5.48. The van der Waals surface area contributed by atoms with Gasteiger partial charge in [-0.3, -0.25) is 29.1 Å². The van der Waals surface area contributed by atoms with Crippen LogP contribution in [0.25, 0.3) is 11.0 Å². The average Bonchev–Trinajstić information content (AvgIpc) is 3.89. The molecule has 0 radical (unpaired) electrons. The molecule has 1 atom stereocenters. The number of fused-ring (bicyclic) bond motifs is 2. The summed E-state index contributed by atoms with van der Waals surface area (Å²) in [6.07, 6.45) is 7.65. The van der Waals surface area contributed by atoms with Crippen LogP contribution < -0.4 is 30.1 Å². The largest absolute Gasteiger partial charge is 0.494 e. The summed E-state index contributed by atoms with van der Waals surface area (Å²) in [6.45, 7) is 20.6. The van der Waals surface area contributed by atoms with E-state index in [1.165, 1.54) is 5.69 Å². The van der Waals surface area contributed by atoms with Crippen LogP contribution in [0.2, 0.25) is 0 Å². The Kier molecular flexibility index (Phi) is 14.9. The Balaban J connectivity index is 0.618. The number of allylic oxidation sites excluding steroid dienone is 1. The van der Waals surface area contributed by atoms with Crippen LogP contribution in [0.5, 0.6) is 5.75 Å². The maximum atomic E-state index is 13.4. The summed E-state index contributed by atoms with van der Waals surface area (Å²) >= 11 is 0. The van der Waals surface area contributed by atoms with Crippen LogP contribution in [-0.2, 0) is 20.9 Å². The quantitative estimate of drug-likeness (QED) is 0.0833. The Morgan fingerprint density at radius 2 is 1.46 bits per heavy atom. The monoisotopic (exact) mass is 982 g/mol. The average molecular weight is 982 g/mol. The SMILES string of the molecule is C=C1CCC(N2C(=O)c3ccc(N4CCN(CCCOc5ccc(N6CCN(CCOCc7nc8cnc(Nc9ccnc(N%10CCC(OC)CC%10)n9)cc8n7C(C)C)CC6)cc5)CC4)cc3C2=O)C(=O)N1. The lowest BCUT2D eigenvalue weighted by Crippen LogP contribution is -2.51. The van der Waals surface area contributed by atoms with Gasteiger partial charge in [0, 0.05) is 121 Å². The van der Waals surface area contributed by atoms with E-state index in [4.69, 9.17) is 24.2 Å². The van der Waals surface area contributed by atoms with Crippen LogP contribution >= 0.6 is 0 Å². The van der Waals surface area contributed by atoms with Gasteiger partial charge in [-0.05, 0) is 94.5 Å². The minimum atomic E-state index is -0.812. The molecule has 8 heterocycles. The van der Waals surface area contributed by atoms with Crippen molar-refractivity contribution >= 4 is 57.7 Å². The van der Waals surface area contributed by atoms with Gasteiger partial charge in [0.05, 0.1) is 42.2 Å². The smallest absolute Gasteiger partial charge is 0.262 e. The van der Waals surface area contributed by atoms with E-state index in [0.717, 1.165) is 131 Å². The number of aromatic nitrogens is 5. The lowest BCUT2D eigenvalue weighted by molar-refractivity contribution is -0.125. The minimum Gasteiger partial charge on any atom is -0.494 e. The summed E-state index contributed by atoms with van der Waals surface area (Å²) in [6, 6.07) is 17.2. The molecule has 5 aliphatic heterocycles. The van der Waals surface area contributed by atoms with E-state index >= 15 is 0 Å².